The standard InChI is InChI=1S/C17H18O.C2H6/c1-3-6-14(2)18-12-11-15-9-10-16-7-4-5-8-17(16)13-15;1-2/h3-10,13H,1,11-12H2,2H3;1-2H3/b14-6-;. The van der Waals surface area contributed by atoms with E-state index in [-0.39, 0.29) is 0 Å². The lowest BCUT2D eigenvalue weighted by molar-refractivity contribution is 0.218. The van der Waals surface area contributed by atoms with Gasteiger partial charge in [0.1, 0.15) is 0 Å². The van der Waals surface area contributed by atoms with E-state index in [1.54, 1.807) is 6.08 Å². The summed E-state index contributed by atoms with van der Waals surface area (Å²) in [6.07, 6.45) is 4.54. The molecule has 0 N–H and O–H groups in total. The van der Waals surface area contributed by atoms with Crippen LogP contribution in [0.5, 0.6) is 0 Å². The number of rotatable bonds is 5. The predicted molar refractivity (Wildman–Crippen MR) is 88.9 cm³/mol. The summed E-state index contributed by atoms with van der Waals surface area (Å²) in [5.74, 6) is 0.908. The molecule has 106 valence electrons. The zero-order valence-electron chi connectivity index (χ0n) is 12.7. The fourth-order valence-corrected chi connectivity index (χ4v) is 1.94. The van der Waals surface area contributed by atoms with Crippen molar-refractivity contribution in [2.45, 2.75) is 27.2 Å². The van der Waals surface area contributed by atoms with Gasteiger partial charge >= 0.3 is 0 Å². The minimum atomic E-state index is 0.703. The van der Waals surface area contributed by atoms with Crippen LogP contribution in [0.3, 0.4) is 0 Å². The van der Waals surface area contributed by atoms with Crippen molar-refractivity contribution in [2.24, 2.45) is 0 Å². The van der Waals surface area contributed by atoms with E-state index >= 15 is 0 Å². The van der Waals surface area contributed by atoms with Gasteiger partial charge < -0.3 is 4.74 Å². The van der Waals surface area contributed by atoms with Crippen molar-refractivity contribution in [2.75, 3.05) is 6.61 Å². The number of hydrogen-bond donors (Lipinski definition) is 0. The molecule has 0 radical (unpaired) electrons. The molecule has 0 fully saturated rings. The second kappa shape index (κ2) is 8.98. The quantitative estimate of drug-likeness (QED) is 0.513. The van der Waals surface area contributed by atoms with Crippen LogP contribution in [0.25, 0.3) is 10.8 Å². The van der Waals surface area contributed by atoms with Gasteiger partial charge in [0.25, 0.3) is 0 Å². The Balaban J connectivity index is 0.000000956. The molecule has 0 aromatic heterocycles. The Kier molecular flexibility index (Phi) is 7.20. The van der Waals surface area contributed by atoms with Gasteiger partial charge in [0.05, 0.1) is 12.4 Å². The van der Waals surface area contributed by atoms with Crippen molar-refractivity contribution < 1.29 is 4.74 Å². The lowest BCUT2D eigenvalue weighted by Gasteiger charge is -2.07. The van der Waals surface area contributed by atoms with Crippen LogP contribution in [0, 0.1) is 0 Å². The van der Waals surface area contributed by atoms with Crippen molar-refractivity contribution in [3.8, 4) is 0 Å². The molecule has 0 unspecified atom stereocenters. The average Bonchev–Trinajstić information content (AvgIpc) is 2.49. The highest BCUT2D eigenvalue weighted by atomic mass is 16.5. The smallest absolute Gasteiger partial charge is 0.0928 e. The van der Waals surface area contributed by atoms with Gasteiger partial charge in [0.15, 0.2) is 0 Å². The van der Waals surface area contributed by atoms with E-state index in [1.807, 2.05) is 26.8 Å². The molecule has 0 saturated heterocycles. The van der Waals surface area contributed by atoms with E-state index in [4.69, 9.17) is 4.74 Å². The van der Waals surface area contributed by atoms with Crippen LogP contribution in [-0.4, -0.2) is 6.61 Å². The van der Waals surface area contributed by atoms with Gasteiger partial charge in [-0.3, -0.25) is 0 Å². The summed E-state index contributed by atoms with van der Waals surface area (Å²) >= 11 is 0. The van der Waals surface area contributed by atoms with Gasteiger partial charge in [-0.15, -0.1) is 0 Å². The van der Waals surface area contributed by atoms with Crippen LogP contribution in [0.1, 0.15) is 26.3 Å². The summed E-state index contributed by atoms with van der Waals surface area (Å²) < 4.78 is 5.59. The van der Waals surface area contributed by atoms with E-state index in [1.165, 1.54) is 16.3 Å². The first-order chi connectivity index (χ1) is 9.79. The fraction of sp³-hybridized carbons (Fsp3) is 0.263. The Morgan fingerprint density at radius 3 is 2.50 bits per heavy atom. The fourth-order valence-electron chi connectivity index (χ4n) is 1.94. The second-order valence-electron chi connectivity index (χ2n) is 4.29. The van der Waals surface area contributed by atoms with Gasteiger partial charge in [-0.25, -0.2) is 0 Å². The molecule has 0 heterocycles. The van der Waals surface area contributed by atoms with E-state index < -0.39 is 0 Å². The third-order valence-corrected chi connectivity index (χ3v) is 2.89. The second-order valence-corrected chi connectivity index (χ2v) is 4.29. The maximum atomic E-state index is 5.59. The summed E-state index contributed by atoms with van der Waals surface area (Å²) in [5, 5.41) is 2.57. The average molecular weight is 268 g/mol. The van der Waals surface area contributed by atoms with Gasteiger partial charge in [0, 0.05) is 6.42 Å². The van der Waals surface area contributed by atoms with Crippen molar-refractivity contribution >= 4 is 10.8 Å². The molecule has 20 heavy (non-hydrogen) atoms. The zero-order chi connectivity index (χ0) is 14.8. The molecule has 0 bridgehead atoms. The maximum Gasteiger partial charge on any atom is 0.0928 e. The summed E-state index contributed by atoms with van der Waals surface area (Å²) in [6.45, 7) is 10.3. The van der Waals surface area contributed by atoms with Crippen LogP contribution >= 0.6 is 0 Å². The number of allylic oxidation sites excluding steroid dienone is 3. The topological polar surface area (TPSA) is 9.23 Å². The van der Waals surface area contributed by atoms with Gasteiger partial charge in [-0.2, -0.15) is 0 Å². The van der Waals surface area contributed by atoms with Crippen molar-refractivity contribution in [1.82, 2.24) is 0 Å². The number of hydrogen-bond acceptors (Lipinski definition) is 1. The molecule has 2 aromatic rings. The number of benzene rings is 2. The molecule has 0 aliphatic carbocycles. The summed E-state index contributed by atoms with van der Waals surface area (Å²) in [7, 11) is 0. The van der Waals surface area contributed by atoms with Crippen LogP contribution in [0.4, 0.5) is 0 Å². The highest BCUT2D eigenvalue weighted by Gasteiger charge is 1.97. The maximum absolute atomic E-state index is 5.59. The molecule has 1 heteroatoms. The predicted octanol–water partition coefficient (Wildman–Crippen LogP) is 5.51. The summed E-state index contributed by atoms with van der Waals surface area (Å²) in [5.41, 5.74) is 1.31. The molecule has 0 aliphatic heterocycles. The Hall–Kier alpha value is -2.02. The third-order valence-electron chi connectivity index (χ3n) is 2.89. The van der Waals surface area contributed by atoms with Crippen molar-refractivity contribution in [1.29, 1.82) is 0 Å². The minimum Gasteiger partial charge on any atom is -0.498 e. The van der Waals surface area contributed by atoms with Crippen LogP contribution < -0.4 is 0 Å². The van der Waals surface area contributed by atoms with Crippen LogP contribution in [0.2, 0.25) is 0 Å². The molecule has 0 atom stereocenters. The van der Waals surface area contributed by atoms with Gasteiger partial charge in [0.2, 0.25) is 0 Å². The van der Waals surface area contributed by atoms with E-state index in [0.717, 1.165) is 12.2 Å². The summed E-state index contributed by atoms with van der Waals surface area (Å²) in [6, 6.07) is 15.0. The van der Waals surface area contributed by atoms with E-state index in [0.29, 0.717) is 6.61 Å². The van der Waals surface area contributed by atoms with Gasteiger partial charge in [-0.1, -0.05) is 69.0 Å². The highest BCUT2D eigenvalue weighted by molar-refractivity contribution is 5.82. The van der Waals surface area contributed by atoms with Crippen molar-refractivity contribution in [3.05, 3.63) is 72.5 Å². The number of ether oxygens (including phenoxy) is 1. The Labute approximate surface area is 122 Å². The Morgan fingerprint density at radius 2 is 1.80 bits per heavy atom. The first-order valence-electron chi connectivity index (χ1n) is 7.19. The van der Waals surface area contributed by atoms with E-state index in [9.17, 15) is 0 Å². The largest absolute Gasteiger partial charge is 0.498 e. The van der Waals surface area contributed by atoms with Crippen LogP contribution in [0.15, 0.2) is 67.0 Å². The first kappa shape index (κ1) is 16.0. The summed E-state index contributed by atoms with van der Waals surface area (Å²) in [4.78, 5) is 0. The molecular weight excluding hydrogens is 244 g/mol. The molecule has 2 rings (SSSR count). The number of fused-ring (bicyclic) bond motifs is 1. The minimum absolute atomic E-state index is 0.703. The molecule has 0 spiro atoms. The van der Waals surface area contributed by atoms with E-state index in [2.05, 4.69) is 49.0 Å². The third kappa shape index (κ3) is 4.93. The SMILES string of the molecule is C=C/C=C(/C)OCCc1ccc2ccccc2c1.CC. The Bertz CT molecular complexity index is 567. The lowest BCUT2D eigenvalue weighted by atomic mass is 10.1. The first-order valence-corrected chi connectivity index (χ1v) is 7.19. The zero-order valence-corrected chi connectivity index (χ0v) is 12.7. The Morgan fingerprint density at radius 1 is 1.10 bits per heavy atom. The normalized spacial score (nSPS) is 10.7. The monoisotopic (exact) mass is 268 g/mol. The molecule has 0 amide bonds. The molecule has 2 aromatic carbocycles. The van der Waals surface area contributed by atoms with Gasteiger partial charge in [-0.05, 0) is 29.3 Å². The molecule has 0 saturated carbocycles. The lowest BCUT2D eigenvalue weighted by Crippen LogP contribution is -1.96. The molecule has 1 nitrogen and oxygen atoms in total. The highest BCUT2D eigenvalue weighted by Crippen LogP contribution is 2.16. The molecule has 0 aliphatic rings. The van der Waals surface area contributed by atoms with Crippen LogP contribution in [-0.2, 0) is 11.2 Å². The molecular formula is C19H24O. The van der Waals surface area contributed by atoms with Crippen molar-refractivity contribution in [3.63, 3.8) is 0 Å².